The van der Waals surface area contributed by atoms with E-state index in [0.29, 0.717) is 0 Å². The fourth-order valence-corrected chi connectivity index (χ4v) is 2.68. The van der Waals surface area contributed by atoms with Gasteiger partial charge in [-0.15, -0.1) is 0 Å². The summed E-state index contributed by atoms with van der Waals surface area (Å²) in [6.07, 6.45) is 9.86. The maximum Gasteiger partial charge on any atom is -0.0227 e. The van der Waals surface area contributed by atoms with Crippen molar-refractivity contribution in [2.75, 3.05) is 12.3 Å². The molecule has 0 nitrogen and oxygen atoms in total. The number of hydrogen-bond acceptors (Lipinski definition) is 0. The lowest BCUT2D eigenvalue weighted by atomic mass is 10.2. The number of halogens is 1. The molecular formula is C9H20BrP. The van der Waals surface area contributed by atoms with Gasteiger partial charge in [-0.05, 0) is 25.4 Å². The first kappa shape index (κ1) is 11.9. The maximum absolute atomic E-state index is 3.71. The highest BCUT2D eigenvalue weighted by molar-refractivity contribution is 9.39. The molecule has 0 rings (SSSR count). The topological polar surface area (TPSA) is 0 Å². The van der Waals surface area contributed by atoms with E-state index in [-0.39, 0.29) is 6.62 Å². The maximum atomic E-state index is 3.71. The van der Waals surface area contributed by atoms with Crippen molar-refractivity contribution in [1.29, 1.82) is 0 Å². The van der Waals surface area contributed by atoms with Crippen LogP contribution in [0.5, 0.6) is 0 Å². The molecule has 0 saturated carbocycles. The molecule has 1 atom stereocenters. The van der Waals surface area contributed by atoms with E-state index in [1.807, 2.05) is 0 Å². The van der Waals surface area contributed by atoms with Crippen molar-refractivity contribution in [2.24, 2.45) is 0 Å². The van der Waals surface area contributed by atoms with Gasteiger partial charge in [0, 0.05) is 0 Å². The van der Waals surface area contributed by atoms with Gasteiger partial charge in [-0.2, -0.15) is 0 Å². The predicted octanol–water partition coefficient (Wildman–Crippen LogP) is 4.77. The Balaban J connectivity index is 2.89. The molecule has 0 fully saturated rings. The Hall–Kier alpha value is 0.910. The summed E-state index contributed by atoms with van der Waals surface area (Å²) in [5.41, 5.74) is 0. The first-order valence-corrected chi connectivity index (χ1v) is 8.45. The van der Waals surface area contributed by atoms with Gasteiger partial charge >= 0.3 is 0 Å². The molecule has 68 valence electrons. The first-order valence-electron chi connectivity index (χ1n) is 4.72. The van der Waals surface area contributed by atoms with E-state index in [0.717, 1.165) is 0 Å². The highest BCUT2D eigenvalue weighted by Crippen LogP contribution is 2.44. The standard InChI is InChI=1S/C9H20BrP/c1-3-5-6-7-8-9-11(10)4-2/h3-9H2,1-2H3. The SMILES string of the molecule is CCCCCCCP(Br)CC. The summed E-state index contributed by atoms with van der Waals surface area (Å²) in [5.74, 6) is 0. The van der Waals surface area contributed by atoms with Gasteiger partial charge in [0.15, 0.2) is 0 Å². The van der Waals surface area contributed by atoms with E-state index >= 15 is 0 Å². The summed E-state index contributed by atoms with van der Waals surface area (Å²) in [6.45, 7) is 4.75. The van der Waals surface area contributed by atoms with Crippen molar-refractivity contribution in [1.82, 2.24) is 0 Å². The zero-order valence-corrected chi connectivity index (χ0v) is 10.3. The highest BCUT2D eigenvalue weighted by Gasteiger charge is 1.98. The number of unbranched alkanes of at least 4 members (excludes halogenated alkanes) is 4. The molecule has 0 radical (unpaired) electrons. The van der Waals surface area contributed by atoms with Crippen LogP contribution in [0.25, 0.3) is 0 Å². The van der Waals surface area contributed by atoms with Crippen LogP contribution in [0.15, 0.2) is 0 Å². The molecule has 0 amide bonds. The minimum Gasteiger partial charge on any atom is -0.0654 e. The van der Waals surface area contributed by atoms with E-state index in [1.165, 1.54) is 44.4 Å². The van der Waals surface area contributed by atoms with Crippen LogP contribution in [-0.4, -0.2) is 12.3 Å². The van der Waals surface area contributed by atoms with Crippen molar-refractivity contribution in [3.63, 3.8) is 0 Å². The van der Waals surface area contributed by atoms with E-state index in [4.69, 9.17) is 0 Å². The smallest absolute Gasteiger partial charge is 0.0227 e. The van der Waals surface area contributed by atoms with Crippen molar-refractivity contribution in [3.8, 4) is 0 Å². The van der Waals surface area contributed by atoms with Crippen LogP contribution in [0.4, 0.5) is 0 Å². The average molecular weight is 239 g/mol. The lowest BCUT2D eigenvalue weighted by molar-refractivity contribution is 0.658. The van der Waals surface area contributed by atoms with Crippen LogP contribution in [0.3, 0.4) is 0 Å². The van der Waals surface area contributed by atoms with Crippen LogP contribution in [0.2, 0.25) is 0 Å². The Kier molecular flexibility index (Phi) is 9.75. The zero-order valence-electron chi connectivity index (χ0n) is 7.77. The Labute approximate surface area is 80.6 Å². The monoisotopic (exact) mass is 238 g/mol. The fourth-order valence-electron chi connectivity index (χ4n) is 1.05. The van der Waals surface area contributed by atoms with E-state index < -0.39 is 0 Å². The largest absolute Gasteiger partial charge is 0.0654 e. The molecule has 0 saturated heterocycles. The Morgan fingerprint density at radius 1 is 1.00 bits per heavy atom. The van der Waals surface area contributed by atoms with Crippen molar-refractivity contribution in [3.05, 3.63) is 0 Å². The lowest BCUT2D eigenvalue weighted by Crippen LogP contribution is -1.83. The second-order valence-electron chi connectivity index (χ2n) is 2.92. The second kappa shape index (κ2) is 9.00. The molecule has 0 aliphatic rings. The predicted molar refractivity (Wildman–Crippen MR) is 60.0 cm³/mol. The lowest BCUT2D eigenvalue weighted by Gasteiger charge is -2.05. The highest BCUT2D eigenvalue weighted by atomic mass is 79.9. The van der Waals surface area contributed by atoms with Crippen LogP contribution in [0.1, 0.15) is 46.0 Å². The van der Waals surface area contributed by atoms with Crippen LogP contribution in [0, 0.1) is 0 Å². The molecule has 2 heteroatoms. The first-order chi connectivity index (χ1) is 5.31. The molecule has 11 heavy (non-hydrogen) atoms. The molecule has 0 aromatic heterocycles. The van der Waals surface area contributed by atoms with E-state index in [2.05, 4.69) is 29.3 Å². The van der Waals surface area contributed by atoms with Gasteiger partial charge in [0.2, 0.25) is 0 Å². The van der Waals surface area contributed by atoms with Gasteiger partial charge < -0.3 is 0 Å². The Morgan fingerprint density at radius 2 is 1.64 bits per heavy atom. The van der Waals surface area contributed by atoms with Crippen molar-refractivity contribution >= 4 is 22.1 Å². The van der Waals surface area contributed by atoms with Crippen molar-refractivity contribution in [2.45, 2.75) is 46.0 Å². The van der Waals surface area contributed by atoms with Gasteiger partial charge in [-0.3, -0.25) is 0 Å². The van der Waals surface area contributed by atoms with Crippen LogP contribution < -0.4 is 0 Å². The molecule has 0 heterocycles. The Bertz CT molecular complexity index is 76.0. The van der Waals surface area contributed by atoms with E-state index in [1.54, 1.807) is 0 Å². The van der Waals surface area contributed by atoms with Gasteiger partial charge in [-0.1, -0.05) is 55.0 Å². The fraction of sp³-hybridized carbons (Fsp3) is 1.00. The molecular weight excluding hydrogens is 219 g/mol. The summed E-state index contributed by atoms with van der Waals surface area (Å²) < 4.78 is 0. The molecule has 0 aliphatic heterocycles. The molecule has 1 unspecified atom stereocenters. The van der Waals surface area contributed by atoms with Gasteiger partial charge in [0.05, 0.1) is 0 Å². The molecule has 0 aromatic carbocycles. The normalized spacial score (nSPS) is 13.4. The zero-order chi connectivity index (χ0) is 8.53. The molecule has 0 N–H and O–H groups in total. The summed E-state index contributed by atoms with van der Waals surface area (Å²) in [4.78, 5) is 0. The summed E-state index contributed by atoms with van der Waals surface area (Å²) >= 11 is 3.71. The van der Waals surface area contributed by atoms with Gasteiger partial charge in [0.25, 0.3) is 0 Å². The summed E-state index contributed by atoms with van der Waals surface area (Å²) in [5, 5.41) is 0. The minimum absolute atomic E-state index is 0.213. The van der Waals surface area contributed by atoms with Crippen molar-refractivity contribution < 1.29 is 0 Å². The number of hydrogen-bond donors (Lipinski definition) is 0. The van der Waals surface area contributed by atoms with Gasteiger partial charge in [-0.25, -0.2) is 0 Å². The quantitative estimate of drug-likeness (QED) is 0.443. The van der Waals surface area contributed by atoms with Crippen LogP contribution in [-0.2, 0) is 0 Å². The third-order valence-corrected chi connectivity index (χ3v) is 5.90. The molecule has 0 bridgehead atoms. The van der Waals surface area contributed by atoms with E-state index in [9.17, 15) is 0 Å². The van der Waals surface area contributed by atoms with Crippen LogP contribution >= 0.6 is 22.1 Å². The summed E-state index contributed by atoms with van der Waals surface area (Å²) in [6, 6.07) is 0. The average Bonchev–Trinajstić information content (AvgIpc) is 2.04. The number of rotatable bonds is 7. The van der Waals surface area contributed by atoms with Gasteiger partial charge in [0.1, 0.15) is 0 Å². The Morgan fingerprint density at radius 3 is 2.18 bits per heavy atom. The molecule has 0 aromatic rings. The summed E-state index contributed by atoms with van der Waals surface area (Å²) in [7, 11) is 0. The third kappa shape index (κ3) is 8.82. The third-order valence-electron chi connectivity index (χ3n) is 1.85. The second-order valence-corrected chi connectivity index (χ2v) is 7.93. The minimum atomic E-state index is 0.213. The molecule has 0 spiro atoms. The molecule has 0 aliphatic carbocycles.